The molecule has 0 radical (unpaired) electrons. The number of benzene rings is 2. The van der Waals surface area contributed by atoms with Crippen LogP contribution in [0, 0.1) is 5.82 Å². The average molecular weight is 450 g/mol. The Hall–Kier alpha value is -2.45. The Labute approximate surface area is 181 Å². The topological polar surface area (TPSA) is 55.8 Å². The van der Waals surface area contributed by atoms with E-state index in [0.29, 0.717) is 42.3 Å². The molecule has 0 atom stereocenters. The van der Waals surface area contributed by atoms with Gasteiger partial charge in [-0.3, -0.25) is 4.90 Å². The van der Waals surface area contributed by atoms with Gasteiger partial charge in [-0.15, -0.1) is 0 Å². The molecule has 0 aromatic heterocycles. The van der Waals surface area contributed by atoms with Gasteiger partial charge in [0, 0.05) is 37.7 Å². The van der Waals surface area contributed by atoms with Crippen LogP contribution >= 0.6 is 0 Å². The monoisotopic (exact) mass is 449 g/mol. The molecule has 2 heterocycles. The van der Waals surface area contributed by atoms with Crippen molar-refractivity contribution in [3.05, 3.63) is 64.3 Å². The van der Waals surface area contributed by atoms with E-state index >= 15 is 4.39 Å². The molecule has 2 aliphatic heterocycles. The second kappa shape index (κ2) is 8.24. The summed E-state index contributed by atoms with van der Waals surface area (Å²) < 4.78 is 66.0. The summed E-state index contributed by atoms with van der Waals surface area (Å²) in [5.41, 5.74) is -0.571. The van der Waals surface area contributed by atoms with Gasteiger partial charge in [0.25, 0.3) is 0 Å². The van der Waals surface area contributed by atoms with Crippen molar-refractivity contribution in [3.8, 4) is 11.5 Å². The van der Waals surface area contributed by atoms with Gasteiger partial charge in [-0.1, -0.05) is 18.2 Å². The number of methoxy groups -OCH3 is 2. The summed E-state index contributed by atoms with van der Waals surface area (Å²) in [6, 6.07) is 9.62. The molecule has 31 heavy (non-hydrogen) atoms. The molecule has 166 valence electrons. The fourth-order valence-corrected chi connectivity index (χ4v) is 5.96. The van der Waals surface area contributed by atoms with E-state index in [-0.39, 0.29) is 34.9 Å². The van der Waals surface area contributed by atoms with Crippen molar-refractivity contribution in [2.24, 2.45) is 0 Å². The first-order chi connectivity index (χ1) is 14.8. The van der Waals surface area contributed by atoms with Crippen LogP contribution in [0.3, 0.4) is 0 Å². The van der Waals surface area contributed by atoms with Crippen LogP contribution in [0.2, 0.25) is 0 Å². The highest BCUT2D eigenvalue weighted by atomic mass is 32.2. The molecule has 5 nitrogen and oxygen atoms in total. The fourth-order valence-electron chi connectivity index (χ4n) is 4.23. The molecule has 0 spiro atoms. The molecule has 2 aliphatic rings. The van der Waals surface area contributed by atoms with E-state index in [4.69, 9.17) is 9.47 Å². The maximum atomic E-state index is 15.6. The molecule has 2 aromatic rings. The summed E-state index contributed by atoms with van der Waals surface area (Å²) in [5, 5.41) is 0. The van der Waals surface area contributed by atoms with E-state index in [1.54, 1.807) is 24.3 Å². The van der Waals surface area contributed by atoms with Crippen LogP contribution in [0.5, 0.6) is 11.5 Å². The van der Waals surface area contributed by atoms with Crippen molar-refractivity contribution in [2.45, 2.75) is 36.4 Å². The van der Waals surface area contributed by atoms with Crippen molar-refractivity contribution in [2.75, 3.05) is 27.3 Å². The third kappa shape index (κ3) is 4.19. The highest BCUT2D eigenvalue weighted by Gasteiger charge is 2.39. The number of likely N-dealkylation sites (tertiary alicyclic amines) is 1. The molecule has 2 aromatic carbocycles. The smallest absolute Gasteiger partial charge is 0.203 e. The van der Waals surface area contributed by atoms with Crippen molar-refractivity contribution in [1.82, 2.24) is 4.90 Å². The van der Waals surface area contributed by atoms with E-state index in [2.05, 4.69) is 0 Å². The average Bonchev–Trinajstić information content (AvgIpc) is 2.99. The summed E-state index contributed by atoms with van der Waals surface area (Å²) in [7, 11) is -0.866. The predicted octanol–water partition coefficient (Wildman–Crippen LogP) is 4.06. The molecular formula is C23H25F2NO4S. The Morgan fingerprint density at radius 1 is 1.10 bits per heavy atom. The maximum absolute atomic E-state index is 15.6. The van der Waals surface area contributed by atoms with Gasteiger partial charge in [0.1, 0.15) is 11.5 Å². The van der Waals surface area contributed by atoms with Gasteiger partial charge in [0.05, 0.1) is 24.0 Å². The Balaban J connectivity index is 1.52. The van der Waals surface area contributed by atoms with Gasteiger partial charge in [-0.05, 0) is 36.6 Å². The van der Waals surface area contributed by atoms with Crippen LogP contribution in [0.25, 0.3) is 0 Å². The number of rotatable bonds is 5. The van der Waals surface area contributed by atoms with Crippen molar-refractivity contribution in [1.29, 1.82) is 0 Å². The first-order valence-corrected chi connectivity index (χ1v) is 11.6. The number of nitrogens with zero attached hydrogens (tertiary/aromatic N) is 1. The number of ether oxygens (including phenoxy) is 2. The highest BCUT2D eigenvalue weighted by molar-refractivity contribution is 7.95. The lowest BCUT2D eigenvalue weighted by Crippen LogP contribution is -2.40. The zero-order valence-electron chi connectivity index (χ0n) is 17.5. The van der Waals surface area contributed by atoms with Crippen LogP contribution in [0.4, 0.5) is 8.78 Å². The minimum absolute atomic E-state index is 0.0721. The minimum Gasteiger partial charge on any atom is -0.493 e. The summed E-state index contributed by atoms with van der Waals surface area (Å²) in [5.74, 6) is 0.485. The number of sulfone groups is 1. The first kappa shape index (κ1) is 21.8. The fraction of sp³-hybridized carbons (Fsp3) is 0.391. The van der Waals surface area contributed by atoms with Gasteiger partial charge in [-0.2, -0.15) is 0 Å². The third-order valence-electron chi connectivity index (χ3n) is 6.02. The summed E-state index contributed by atoms with van der Waals surface area (Å²) in [6.07, 6.45) is 1.72. The molecule has 0 unspecified atom stereocenters. The molecule has 0 amide bonds. The SMILES string of the molecule is COc1cc2c(cc1OC)S(=O)(=O)/C(=C/C1(F)CCN(Cc3ccccc3F)CC1)C2. The van der Waals surface area contributed by atoms with E-state index in [0.717, 1.165) is 0 Å². The molecule has 1 fully saturated rings. The number of alkyl halides is 1. The normalized spacial score (nSPS) is 21.1. The van der Waals surface area contributed by atoms with Crippen LogP contribution in [0.15, 0.2) is 52.3 Å². The lowest BCUT2D eigenvalue weighted by Gasteiger charge is -2.35. The Morgan fingerprint density at radius 3 is 2.39 bits per heavy atom. The van der Waals surface area contributed by atoms with Crippen LogP contribution < -0.4 is 9.47 Å². The summed E-state index contributed by atoms with van der Waals surface area (Å²) in [6.45, 7) is 1.25. The standard InChI is InChI=1S/C23H25F2NO4S/c1-29-20-12-17-11-18(31(27,28)22(17)13-21(20)30-2)14-23(25)7-9-26(10-8-23)15-16-5-3-4-6-19(16)24/h3-6,12-14H,7-11,15H2,1-2H3/b18-14+. The lowest BCUT2D eigenvalue weighted by molar-refractivity contribution is 0.0919. The zero-order chi connectivity index (χ0) is 22.2. The van der Waals surface area contributed by atoms with Crippen molar-refractivity contribution >= 4 is 9.84 Å². The molecule has 4 rings (SSSR count). The first-order valence-electron chi connectivity index (χ1n) is 10.1. The summed E-state index contributed by atoms with van der Waals surface area (Å²) in [4.78, 5) is 2.20. The third-order valence-corrected chi connectivity index (χ3v) is 7.94. The number of hydrogen-bond acceptors (Lipinski definition) is 5. The Kier molecular flexibility index (Phi) is 5.79. The second-order valence-electron chi connectivity index (χ2n) is 8.01. The minimum atomic E-state index is -3.79. The Morgan fingerprint density at radius 2 is 1.74 bits per heavy atom. The molecular weight excluding hydrogens is 424 g/mol. The lowest BCUT2D eigenvalue weighted by atomic mass is 9.92. The molecule has 0 aliphatic carbocycles. The molecule has 0 N–H and O–H groups in total. The van der Waals surface area contributed by atoms with Crippen molar-refractivity contribution < 1.29 is 26.7 Å². The van der Waals surface area contributed by atoms with Crippen LogP contribution in [0.1, 0.15) is 24.0 Å². The van der Waals surface area contributed by atoms with Crippen LogP contribution in [-0.2, 0) is 22.8 Å². The molecule has 0 saturated carbocycles. The van der Waals surface area contributed by atoms with Gasteiger partial charge >= 0.3 is 0 Å². The number of piperidine rings is 1. The van der Waals surface area contributed by atoms with Crippen LogP contribution in [-0.4, -0.2) is 46.3 Å². The van der Waals surface area contributed by atoms with Gasteiger partial charge in [0.2, 0.25) is 9.84 Å². The number of allylic oxidation sites excluding steroid dienone is 2. The van der Waals surface area contributed by atoms with E-state index in [1.165, 1.54) is 32.4 Å². The Bertz CT molecular complexity index is 1120. The van der Waals surface area contributed by atoms with Gasteiger partial charge in [0.15, 0.2) is 11.5 Å². The number of fused-ring (bicyclic) bond motifs is 1. The van der Waals surface area contributed by atoms with E-state index < -0.39 is 15.5 Å². The highest BCUT2D eigenvalue weighted by Crippen LogP contribution is 2.43. The van der Waals surface area contributed by atoms with E-state index in [1.807, 2.05) is 4.90 Å². The largest absolute Gasteiger partial charge is 0.493 e. The number of hydrogen-bond donors (Lipinski definition) is 0. The van der Waals surface area contributed by atoms with Gasteiger partial charge in [-0.25, -0.2) is 17.2 Å². The van der Waals surface area contributed by atoms with Gasteiger partial charge < -0.3 is 9.47 Å². The predicted molar refractivity (Wildman–Crippen MR) is 113 cm³/mol. The second-order valence-corrected chi connectivity index (χ2v) is 9.98. The molecule has 1 saturated heterocycles. The van der Waals surface area contributed by atoms with E-state index in [9.17, 15) is 12.8 Å². The summed E-state index contributed by atoms with van der Waals surface area (Å²) >= 11 is 0. The maximum Gasteiger partial charge on any atom is 0.203 e. The quantitative estimate of drug-likeness (QED) is 0.689. The van der Waals surface area contributed by atoms with Crippen molar-refractivity contribution in [3.63, 3.8) is 0 Å². The number of halogens is 2. The zero-order valence-corrected chi connectivity index (χ0v) is 18.3. The molecule has 0 bridgehead atoms. The molecule has 8 heteroatoms.